The van der Waals surface area contributed by atoms with Gasteiger partial charge in [-0.2, -0.15) is 0 Å². The van der Waals surface area contributed by atoms with Crippen LogP contribution in [0.25, 0.3) is 10.4 Å². The molecule has 0 amide bonds. The summed E-state index contributed by atoms with van der Waals surface area (Å²) in [6.07, 6.45) is 11.3. The fourth-order valence-electron chi connectivity index (χ4n) is 3.49. The zero-order valence-electron chi connectivity index (χ0n) is 14.9. The predicted molar refractivity (Wildman–Crippen MR) is 108 cm³/mol. The van der Waals surface area contributed by atoms with Gasteiger partial charge in [-0.15, -0.1) is 11.3 Å². The summed E-state index contributed by atoms with van der Waals surface area (Å²) < 4.78 is 17.3. The summed E-state index contributed by atoms with van der Waals surface area (Å²) in [7, 11) is -1.57. The summed E-state index contributed by atoms with van der Waals surface area (Å²) in [5, 5.41) is 10.0. The molecule has 1 aliphatic carbocycles. The Balaban J connectivity index is 1.56. The van der Waals surface area contributed by atoms with E-state index in [1.165, 1.54) is 43.4 Å². The molecular weight excluding hydrogens is 380 g/mol. The molecule has 1 aliphatic rings. The number of thiazole rings is 1. The standard InChI is InChI=1S/C19H22N4O2S2/c20-27(24)17-10-13(11-23-19-21-8-9-25-19)6-7-15(17)16-12-22-18(26-16)14-4-2-1-3-5-14/h6-10,12,14H,1-5,11,20H2,(H,21,23). The van der Waals surface area contributed by atoms with E-state index in [1.807, 2.05) is 24.4 Å². The van der Waals surface area contributed by atoms with Gasteiger partial charge in [0.15, 0.2) is 0 Å². The fourth-order valence-corrected chi connectivity index (χ4v) is 5.34. The highest BCUT2D eigenvalue weighted by Crippen LogP contribution is 2.38. The molecule has 2 aromatic heterocycles. The van der Waals surface area contributed by atoms with Gasteiger partial charge < -0.3 is 9.73 Å². The van der Waals surface area contributed by atoms with Gasteiger partial charge in [-0.3, -0.25) is 0 Å². The van der Waals surface area contributed by atoms with E-state index in [-0.39, 0.29) is 0 Å². The van der Waals surface area contributed by atoms with Gasteiger partial charge in [0, 0.05) is 24.2 Å². The van der Waals surface area contributed by atoms with Crippen LogP contribution in [-0.4, -0.2) is 14.2 Å². The minimum absolute atomic E-state index is 0.453. The van der Waals surface area contributed by atoms with Gasteiger partial charge in [0.25, 0.3) is 6.01 Å². The van der Waals surface area contributed by atoms with E-state index in [2.05, 4.69) is 15.3 Å². The molecule has 0 aliphatic heterocycles. The lowest BCUT2D eigenvalue weighted by Gasteiger charge is -2.18. The van der Waals surface area contributed by atoms with Crippen molar-refractivity contribution in [2.45, 2.75) is 49.5 Å². The van der Waals surface area contributed by atoms with Crippen LogP contribution in [0.1, 0.15) is 48.6 Å². The number of anilines is 1. The molecule has 1 saturated carbocycles. The Morgan fingerprint density at radius 3 is 2.85 bits per heavy atom. The van der Waals surface area contributed by atoms with Crippen LogP contribution in [0.5, 0.6) is 0 Å². The Hall–Kier alpha value is -2.03. The molecule has 1 unspecified atom stereocenters. The second-order valence-corrected chi connectivity index (χ2v) is 8.81. The van der Waals surface area contributed by atoms with Crippen LogP contribution in [0.2, 0.25) is 0 Å². The van der Waals surface area contributed by atoms with Crippen molar-refractivity contribution in [2.24, 2.45) is 5.14 Å². The normalized spacial score (nSPS) is 16.3. The maximum Gasteiger partial charge on any atom is 0.294 e. The van der Waals surface area contributed by atoms with Crippen LogP contribution in [0.3, 0.4) is 0 Å². The van der Waals surface area contributed by atoms with Crippen molar-refractivity contribution in [3.05, 3.63) is 47.4 Å². The molecule has 0 saturated heterocycles. The highest BCUT2D eigenvalue weighted by molar-refractivity contribution is 7.82. The average Bonchev–Trinajstić information content (AvgIpc) is 3.39. The molecule has 142 valence electrons. The zero-order chi connectivity index (χ0) is 18.6. The first-order valence-corrected chi connectivity index (χ1v) is 11.1. The Morgan fingerprint density at radius 1 is 1.26 bits per heavy atom. The number of aromatic nitrogens is 2. The Bertz CT molecular complexity index is 918. The zero-order valence-corrected chi connectivity index (χ0v) is 16.5. The highest BCUT2D eigenvalue weighted by atomic mass is 32.2. The van der Waals surface area contributed by atoms with Gasteiger partial charge in [-0.25, -0.2) is 19.3 Å². The first-order valence-electron chi connectivity index (χ1n) is 9.09. The molecule has 3 N–H and O–H groups in total. The van der Waals surface area contributed by atoms with Crippen molar-refractivity contribution >= 4 is 28.3 Å². The molecule has 0 radical (unpaired) electrons. The van der Waals surface area contributed by atoms with Gasteiger partial charge in [0.1, 0.15) is 17.2 Å². The lowest BCUT2D eigenvalue weighted by atomic mass is 9.90. The summed E-state index contributed by atoms with van der Waals surface area (Å²) in [4.78, 5) is 10.3. The highest BCUT2D eigenvalue weighted by Gasteiger charge is 2.20. The Kier molecular flexibility index (Phi) is 5.66. The summed E-state index contributed by atoms with van der Waals surface area (Å²) in [5.74, 6) is 0.564. The third kappa shape index (κ3) is 4.28. The second kappa shape index (κ2) is 8.33. The van der Waals surface area contributed by atoms with E-state index < -0.39 is 11.0 Å². The van der Waals surface area contributed by atoms with Crippen LogP contribution in [-0.2, 0) is 17.5 Å². The predicted octanol–water partition coefficient (Wildman–Crippen LogP) is 4.44. The molecule has 1 fully saturated rings. The van der Waals surface area contributed by atoms with E-state index in [4.69, 9.17) is 9.56 Å². The van der Waals surface area contributed by atoms with E-state index >= 15 is 0 Å². The molecule has 3 aromatic rings. The van der Waals surface area contributed by atoms with E-state index in [0.29, 0.717) is 23.4 Å². The van der Waals surface area contributed by atoms with Crippen molar-refractivity contribution < 1.29 is 8.63 Å². The molecule has 27 heavy (non-hydrogen) atoms. The van der Waals surface area contributed by atoms with Crippen molar-refractivity contribution in [2.75, 3.05) is 5.32 Å². The number of nitrogens with zero attached hydrogens (tertiary/aromatic N) is 2. The maximum absolute atomic E-state index is 12.2. The molecule has 1 atom stereocenters. The summed E-state index contributed by atoms with van der Waals surface area (Å²) >= 11 is 1.70. The molecule has 8 heteroatoms. The van der Waals surface area contributed by atoms with Crippen LogP contribution >= 0.6 is 11.3 Å². The monoisotopic (exact) mass is 402 g/mol. The van der Waals surface area contributed by atoms with E-state index in [9.17, 15) is 4.21 Å². The first-order chi connectivity index (χ1) is 13.2. The molecule has 0 bridgehead atoms. The first kappa shape index (κ1) is 18.3. The number of oxazole rings is 1. The second-order valence-electron chi connectivity index (χ2n) is 6.72. The van der Waals surface area contributed by atoms with Gasteiger partial charge in [-0.05, 0) is 24.5 Å². The SMILES string of the molecule is NS(=O)c1cc(CNc2ncco2)ccc1-c1cnc(C2CCCCC2)s1. The minimum atomic E-state index is -1.57. The number of nitrogens with one attached hydrogen (secondary N) is 1. The van der Waals surface area contributed by atoms with Crippen molar-refractivity contribution in [1.82, 2.24) is 9.97 Å². The average molecular weight is 403 g/mol. The third-order valence-electron chi connectivity index (χ3n) is 4.88. The quantitative estimate of drug-likeness (QED) is 0.636. The molecule has 2 heterocycles. The van der Waals surface area contributed by atoms with Gasteiger partial charge in [0.2, 0.25) is 0 Å². The number of rotatable bonds is 6. The topological polar surface area (TPSA) is 94.0 Å². The molecule has 6 nitrogen and oxygen atoms in total. The van der Waals surface area contributed by atoms with Crippen LogP contribution in [0.4, 0.5) is 6.01 Å². The van der Waals surface area contributed by atoms with Gasteiger partial charge in [-0.1, -0.05) is 31.4 Å². The van der Waals surface area contributed by atoms with E-state index in [0.717, 1.165) is 16.0 Å². The fraction of sp³-hybridized carbons (Fsp3) is 0.368. The van der Waals surface area contributed by atoms with Crippen molar-refractivity contribution in [3.63, 3.8) is 0 Å². The number of benzene rings is 1. The Labute approximate surface area is 164 Å². The number of hydrogen-bond acceptors (Lipinski definition) is 6. The minimum Gasteiger partial charge on any atom is -0.432 e. The summed E-state index contributed by atoms with van der Waals surface area (Å²) in [6, 6.07) is 6.31. The summed E-state index contributed by atoms with van der Waals surface area (Å²) in [6.45, 7) is 0.515. The maximum atomic E-state index is 12.2. The third-order valence-corrected chi connectivity index (χ3v) is 6.85. The largest absolute Gasteiger partial charge is 0.432 e. The molecule has 0 spiro atoms. The smallest absolute Gasteiger partial charge is 0.294 e. The van der Waals surface area contributed by atoms with Crippen molar-refractivity contribution in [1.29, 1.82) is 0 Å². The van der Waals surface area contributed by atoms with Crippen LogP contribution in [0.15, 0.2) is 46.2 Å². The summed E-state index contributed by atoms with van der Waals surface area (Å²) in [5.41, 5.74) is 1.86. The molecule has 4 rings (SSSR count). The van der Waals surface area contributed by atoms with Crippen LogP contribution < -0.4 is 10.5 Å². The van der Waals surface area contributed by atoms with Crippen molar-refractivity contribution in [3.8, 4) is 10.4 Å². The van der Waals surface area contributed by atoms with E-state index in [1.54, 1.807) is 17.5 Å². The number of hydrogen-bond donors (Lipinski definition) is 2. The van der Waals surface area contributed by atoms with Crippen LogP contribution in [0, 0.1) is 0 Å². The molecule has 1 aromatic carbocycles. The Morgan fingerprint density at radius 2 is 2.11 bits per heavy atom. The lowest BCUT2D eigenvalue weighted by Crippen LogP contribution is -2.06. The number of nitrogens with two attached hydrogens (primary N) is 1. The lowest BCUT2D eigenvalue weighted by molar-refractivity contribution is 0.442. The van der Waals surface area contributed by atoms with Gasteiger partial charge in [0.05, 0.1) is 21.0 Å². The molecular formula is C19H22N4O2S2. The van der Waals surface area contributed by atoms with Gasteiger partial charge >= 0.3 is 0 Å².